The molecule has 14 heavy (non-hydrogen) atoms. The first-order valence-corrected chi connectivity index (χ1v) is 4.08. The molecule has 4 nitrogen and oxygen atoms in total. The van der Waals surface area contributed by atoms with Crippen LogP contribution in [0.15, 0.2) is 18.5 Å². The van der Waals surface area contributed by atoms with E-state index in [9.17, 15) is 9.18 Å². The van der Waals surface area contributed by atoms with Crippen molar-refractivity contribution in [3.05, 3.63) is 24.3 Å². The first-order valence-electron chi connectivity index (χ1n) is 4.08. The Kier molecular flexibility index (Phi) is 3.53. The van der Waals surface area contributed by atoms with Crippen LogP contribution in [0.5, 0.6) is 0 Å². The number of methoxy groups -OCH3 is 1. The minimum absolute atomic E-state index is 0.105. The maximum atomic E-state index is 13.0. The van der Waals surface area contributed by atoms with Crippen LogP contribution in [0.2, 0.25) is 0 Å². The molecule has 1 amide bonds. The largest absolute Gasteiger partial charge is 0.372 e. The van der Waals surface area contributed by atoms with Gasteiger partial charge in [0.2, 0.25) is 0 Å². The molecule has 0 spiro atoms. The van der Waals surface area contributed by atoms with Gasteiger partial charge in [-0.15, -0.1) is 0 Å². The zero-order chi connectivity index (χ0) is 10.6. The summed E-state index contributed by atoms with van der Waals surface area (Å²) in [7, 11) is 1.41. The minimum atomic E-state index is -0.609. The number of amides is 1. The van der Waals surface area contributed by atoms with Gasteiger partial charge >= 0.3 is 0 Å². The lowest BCUT2D eigenvalue weighted by Gasteiger charge is -2.10. The second-order valence-electron chi connectivity index (χ2n) is 2.72. The number of nitrogens with zero attached hydrogens (tertiary/aromatic N) is 1. The molecule has 1 atom stereocenters. The Morgan fingerprint density at radius 3 is 3.00 bits per heavy atom. The number of halogens is 1. The van der Waals surface area contributed by atoms with E-state index in [1.54, 1.807) is 6.92 Å². The van der Waals surface area contributed by atoms with Crippen LogP contribution in [0, 0.1) is 5.82 Å². The average Bonchev–Trinajstić information content (AvgIpc) is 2.20. The van der Waals surface area contributed by atoms with E-state index in [-0.39, 0.29) is 5.69 Å². The van der Waals surface area contributed by atoms with E-state index in [0.717, 1.165) is 6.20 Å². The van der Waals surface area contributed by atoms with Crippen molar-refractivity contribution < 1.29 is 13.9 Å². The van der Waals surface area contributed by atoms with Gasteiger partial charge in [0.05, 0.1) is 11.9 Å². The van der Waals surface area contributed by atoms with E-state index in [1.807, 2.05) is 0 Å². The van der Waals surface area contributed by atoms with Crippen LogP contribution in [0.3, 0.4) is 0 Å². The Morgan fingerprint density at radius 2 is 2.43 bits per heavy atom. The molecule has 1 unspecified atom stereocenters. The quantitative estimate of drug-likeness (QED) is 0.793. The van der Waals surface area contributed by atoms with Crippen molar-refractivity contribution in [2.45, 2.75) is 13.0 Å². The Morgan fingerprint density at radius 1 is 1.71 bits per heavy atom. The molecule has 0 aliphatic carbocycles. The first kappa shape index (κ1) is 10.6. The molecular weight excluding hydrogens is 187 g/mol. The van der Waals surface area contributed by atoms with Gasteiger partial charge in [-0.2, -0.15) is 0 Å². The molecular formula is C9H11FN2O2. The van der Waals surface area contributed by atoms with Gasteiger partial charge in [-0.05, 0) is 13.0 Å². The lowest BCUT2D eigenvalue weighted by atomic mass is 10.3. The number of ether oxygens (including phenoxy) is 1. The van der Waals surface area contributed by atoms with Crippen molar-refractivity contribution >= 4 is 11.6 Å². The molecule has 0 saturated carbocycles. The summed E-state index contributed by atoms with van der Waals surface area (Å²) in [5.41, 5.74) is 0.105. The van der Waals surface area contributed by atoms with Crippen LogP contribution in [-0.4, -0.2) is 24.1 Å². The second-order valence-corrected chi connectivity index (χ2v) is 2.72. The highest BCUT2D eigenvalue weighted by atomic mass is 19.1. The maximum absolute atomic E-state index is 13.0. The van der Waals surface area contributed by atoms with E-state index >= 15 is 0 Å². The van der Waals surface area contributed by atoms with Crippen molar-refractivity contribution in [1.82, 2.24) is 4.98 Å². The van der Waals surface area contributed by atoms with Gasteiger partial charge in [0.1, 0.15) is 6.10 Å². The SMILES string of the molecule is COC(C)C(=O)Nc1ccncc1F. The number of hydrogen-bond acceptors (Lipinski definition) is 3. The van der Waals surface area contributed by atoms with Crippen LogP contribution in [-0.2, 0) is 9.53 Å². The van der Waals surface area contributed by atoms with Crippen molar-refractivity contribution in [1.29, 1.82) is 0 Å². The molecule has 1 aromatic rings. The van der Waals surface area contributed by atoms with Crippen molar-refractivity contribution in [3.63, 3.8) is 0 Å². The zero-order valence-electron chi connectivity index (χ0n) is 7.95. The highest BCUT2D eigenvalue weighted by Crippen LogP contribution is 2.11. The highest BCUT2D eigenvalue weighted by Gasteiger charge is 2.13. The third-order valence-corrected chi connectivity index (χ3v) is 1.75. The number of pyridine rings is 1. The smallest absolute Gasteiger partial charge is 0.253 e. The molecule has 0 fully saturated rings. The molecule has 0 saturated heterocycles. The molecule has 1 N–H and O–H groups in total. The molecule has 0 aromatic carbocycles. The van der Waals surface area contributed by atoms with Crippen LogP contribution in [0.25, 0.3) is 0 Å². The molecule has 0 bridgehead atoms. The minimum Gasteiger partial charge on any atom is -0.372 e. The van der Waals surface area contributed by atoms with Crippen LogP contribution < -0.4 is 5.32 Å². The normalized spacial score (nSPS) is 12.2. The van der Waals surface area contributed by atoms with Gasteiger partial charge in [-0.1, -0.05) is 0 Å². The van der Waals surface area contributed by atoms with Crippen LogP contribution in [0.4, 0.5) is 10.1 Å². The van der Waals surface area contributed by atoms with E-state index in [0.29, 0.717) is 0 Å². The Bertz CT molecular complexity index is 330. The number of rotatable bonds is 3. The zero-order valence-corrected chi connectivity index (χ0v) is 7.95. The predicted octanol–water partition coefficient (Wildman–Crippen LogP) is 1.19. The van der Waals surface area contributed by atoms with Crippen LogP contribution in [0.1, 0.15) is 6.92 Å². The molecule has 0 aliphatic rings. The number of carbonyl (C=O) groups excluding carboxylic acids is 1. The molecule has 0 aliphatic heterocycles. The standard InChI is InChI=1S/C9H11FN2O2/c1-6(14-2)9(13)12-8-3-4-11-5-7(8)10/h3-6H,1-2H3,(H,11,12,13). The van der Waals surface area contributed by atoms with Gasteiger partial charge < -0.3 is 10.1 Å². The van der Waals surface area contributed by atoms with E-state index in [4.69, 9.17) is 4.74 Å². The van der Waals surface area contributed by atoms with Gasteiger partial charge in [-0.3, -0.25) is 9.78 Å². The number of aromatic nitrogens is 1. The molecule has 1 rings (SSSR count). The monoisotopic (exact) mass is 198 g/mol. The van der Waals surface area contributed by atoms with Crippen molar-refractivity contribution in [2.24, 2.45) is 0 Å². The molecule has 5 heteroatoms. The maximum Gasteiger partial charge on any atom is 0.253 e. The van der Waals surface area contributed by atoms with Gasteiger partial charge in [0.15, 0.2) is 5.82 Å². The second kappa shape index (κ2) is 4.66. The number of hydrogen-bond donors (Lipinski definition) is 1. The van der Waals surface area contributed by atoms with Gasteiger partial charge in [0.25, 0.3) is 5.91 Å². The Labute approximate surface area is 81.1 Å². The average molecular weight is 198 g/mol. The van der Waals surface area contributed by atoms with Gasteiger partial charge in [-0.25, -0.2) is 4.39 Å². The fraction of sp³-hybridized carbons (Fsp3) is 0.333. The first-order chi connectivity index (χ1) is 6.65. The fourth-order valence-electron chi connectivity index (χ4n) is 0.818. The molecule has 76 valence electrons. The summed E-state index contributed by atoms with van der Waals surface area (Å²) in [6.45, 7) is 1.58. The predicted molar refractivity (Wildman–Crippen MR) is 49.3 cm³/mol. The summed E-state index contributed by atoms with van der Waals surface area (Å²) >= 11 is 0. The number of carbonyl (C=O) groups is 1. The van der Waals surface area contributed by atoms with E-state index in [2.05, 4.69) is 10.3 Å². The third-order valence-electron chi connectivity index (χ3n) is 1.75. The highest BCUT2D eigenvalue weighted by molar-refractivity contribution is 5.93. The summed E-state index contributed by atoms with van der Waals surface area (Å²) in [6, 6.07) is 1.38. The molecule has 1 heterocycles. The third kappa shape index (κ3) is 2.50. The summed E-state index contributed by atoms with van der Waals surface area (Å²) < 4.78 is 17.8. The van der Waals surface area contributed by atoms with E-state index < -0.39 is 17.8 Å². The van der Waals surface area contributed by atoms with Crippen molar-refractivity contribution in [2.75, 3.05) is 12.4 Å². The Balaban J connectivity index is 2.70. The topological polar surface area (TPSA) is 51.2 Å². The van der Waals surface area contributed by atoms with Crippen molar-refractivity contribution in [3.8, 4) is 0 Å². The van der Waals surface area contributed by atoms with Crippen LogP contribution >= 0.6 is 0 Å². The number of nitrogens with one attached hydrogen (secondary N) is 1. The molecule has 1 aromatic heterocycles. The summed E-state index contributed by atoms with van der Waals surface area (Å²) in [6.07, 6.45) is 1.83. The molecule has 0 radical (unpaired) electrons. The number of anilines is 1. The summed E-state index contributed by atoms with van der Waals surface area (Å²) in [5, 5.41) is 2.38. The summed E-state index contributed by atoms with van der Waals surface area (Å²) in [4.78, 5) is 14.8. The lowest BCUT2D eigenvalue weighted by Crippen LogP contribution is -2.26. The summed E-state index contributed by atoms with van der Waals surface area (Å²) in [5.74, 6) is -0.957. The van der Waals surface area contributed by atoms with Gasteiger partial charge in [0, 0.05) is 13.3 Å². The fourth-order valence-corrected chi connectivity index (χ4v) is 0.818. The lowest BCUT2D eigenvalue weighted by molar-refractivity contribution is -0.124. The van der Waals surface area contributed by atoms with E-state index in [1.165, 1.54) is 19.4 Å². The Hall–Kier alpha value is -1.49.